The molecule has 0 bridgehead atoms. The first-order valence-electron chi connectivity index (χ1n) is 7.88. The summed E-state index contributed by atoms with van der Waals surface area (Å²) in [5.74, 6) is 0.310. The smallest absolute Gasteiger partial charge is 0.308 e. The van der Waals surface area contributed by atoms with Crippen molar-refractivity contribution in [3.05, 3.63) is 54.7 Å². The summed E-state index contributed by atoms with van der Waals surface area (Å²) in [6.45, 7) is 1.44. The van der Waals surface area contributed by atoms with Crippen molar-refractivity contribution in [3.63, 3.8) is 0 Å². The molecule has 0 spiro atoms. The van der Waals surface area contributed by atoms with E-state index in [1.54, 1.807) is 0 Å². The van der Waals surface area contributed by atoms with Crippen LogP contribution in [-0.2, 0) is 18.9 Å². The molecule has 0 saturated heterocycles. The van der Waals surface area contributed by atoms with E-state index in [0.717, 1.165) is 33.1 Å². The van der Waals surface area contributed by atoms with Gasteiger partial charge in [-0.3, -0.25) is 4.79 Å². The maximum Gasteiger partial charge on any atom is 0.308 e. The van der Waals surface area contributed by atoms with Gasteiger partial charge in [0.25, 0.3) is 0 Å². The standard InChI is InChI=1S/C20H18N2O2/c1-13(23)24-20-15-9-5-7-11-18(15)22(3)19(20)16-12-21(2)17-10-6-4-8-14(16)17/h4-12H,1-3H3. The molecule has 0 aliphatic heterocycles. The van der Waals surface area contributed by atoms with Gasteiger partial charge in [0, 0.05) is 49.1 Å². The van der Waals surface area contributed by atoms with Gasteiger partial charge in [0.2, 0.25) is 0 Å². The molecule has 2 heterocycles. The maximum atomic E-state index is 11.7. The average Bonchev–Trinajstić information content (AvgIpc) is 3.04. The van der Waals surface area contributed by atoms with Crippen LogP contribution in [0, 0.1) is 0 Å². The number of fused-ring (bicyclic) bond motifs is 2. The lowest BCUT2D eigenvalue weighted by Gasteiger charge is -2.07. The van der Waals surface area contributed by atoms with Gasteiger partial charge in [-0.2, -0.15) is 0 Å². The van der Waals surface area contributed by atoms with Crippen LogP contribution >= 0.6 is 0 Å². The van der Waals surface area contributed by atoms with Crippen molar-refractivity contribution in [2.45, 2.75) is 6.92 Å². The third-order valence-corrected chi connectivity index (χ3v) is 4.46. The summed E-state index contributed by atoms with van der Waals surface area (Å²) in [7, 11) is 4.03. The van der Waals surface area contributed by atoms with Gasteiger partial charge < -0.3 is 13.9 Å². The van der Waals surface area contributed by atoms with Crippen LogP contribution < -0.4 is 4.74 Å². The van der Waals surface area contributed by atoms with Crippen LogP contribution in [0.2, 0.25) is 0 Å². The van der Waals surface area contributed by atoms with Crippen molar-refractivity contribution in [2.75, 3.05) is 0 Å². The van der Waals surface area contributed by atoms with Crippen LogP contribution in [0.1, 0.15) is 6.92 Å². The highest BCUT2D eigenvalue weighted by molar-refractivity contribution is 6.03. The van der Waals surface area contributed by atoms with Gasteiger partial charge in [0.15, 0.2) is 5.75 Å². The van der Waals surface area contributed by atoms with Crippen LogP contribution in [-0.4, -0.2) is 15.1 Å². The van der Waals surface area contributed by atoms with E-state index in [0.29, 0.717) is 5.75 Å². The lowest BCUT2D eigenvalue weighted by Crippen LogP contribution is -2.02. The Hall–Kier alpha value is -3.01. The monoisotopic (exact) mass is 318 g/mol. The molecule has 24 heavy (non-hydrogen) atoms. The summed E-state index contributed by atoms with van der Waals surface area (Å²) in [5.41, 5.74) is 4.16. The first-order valence-corrected chi connectivity index (χ1v) is 7.88. The van der Waals surface area contributed by atoms with Crippen molar-refractivity contribution < 1.29 is 9.53 Å². The molecule has 120 valence electrons. The van der Waals surface area contributed by atoms with Gasteiger partial charge in [-0.25, -0.2) is 0 Å². The molecule has 4 aromatic rings. The minimum Gasteiger partial charge on any atom is -0.424 e. The number of ether oxygens (including phenoxy) is 1. The summed E-state index contributed by atoms with van der Waals surface area (Å²) < 4.78 is 9.81. The van der Waals surface area contributed by atoms with Gasteiger partial charge in [-0.05, 0) is 18.2 Å². The molecule has 0 fully saturated rings. The fourth-order valence-electron chi connectivity index (χ4n) is 3.44. The van der Waals surface area contributed by atoms with Gasteiger partial charge in [-0.15, -0.1) is 0 Å². The Kier molecular flexibility index (Phi) is 3.20. The Morgan fingerprint density at radius 2 is 1.54 bits per heavy atom. The minimum atomic E-state index is -0.312. The molecule has 0 atom stereocenters. The molecular formula is C20H18N2O2. The largest absolute Gasteiger partial charge is 0.424 e. The van der Waals surface area contributed by atoms with Gasteiger partial charge >= 0.3 is 5.97 Å². The second-order valence-corrected chi connectivity index (χ2v) is 6.02. The molecule has 0 radical (unpaired) electrons. The second kappa shape index (κ2) is 5.27. The predicted molar refractivity (Wildman–Crippen MR) is 96.1 cm³/mol. The zero-order valence-corrected chi connectivity index (χ0v) is 13.9. The summed E-state index contributed by atoms with van der Waals surface area (Å²) in [6, 6.07) is 16.2. The number of carbonyl (C=O) groups excluding carboxylic acids is 1. The van der Waals surface area contributed by atoms with Crippen LogP contribution in [0.15, 0.2) is 54.7 Å². The van der Waals surface area contributed by atoms with Gasteiger partial charge in [0.1, 0.15) is 0 Å². The van der Waals surface area contributed by atoms with E-state index in [-0.39, 0.29) is 5.97 Å². The SMILES string of the molecule is CC(=O)Oc1c(-c2cn(C)c3ccccc23)n(C)c2ccccc12. The number of para-hydroxylation sites is 2. The molecule has 0 aliphatic rings. The van der Waals surface area contributed by atoms with Crippen LogP contribution in [0.5, 0.6) is 5.75 Å². The van der Waals surface area contributed by atoms with E-state index < -0.39 is 0 Å². The topological polar surface area (TPSA) is 36.2 Å². The highest BCUT2D eigenvalue weighted by atomic mass is 16.5. The first-order chi connectivity index (χ1) is 11.6. The Morgan fingerprint density at radius 1 is 0.917 bits per heavy atom. The minimum absolute atomic E-state index is 0.312. The highest BCUT2D eigenvalue weighted by Crippen LogP contribution is 2.42. The third-order valence-electron chi connectivity index (χ3n) is 4.46. The molecule has 4 nitrogen and oxygen atoms in total. The molecule has 2 aromatic heterocycles. The molecular weight excluding hydrogens is 300 g/mol. The second-order valence-electron chi connectivity index (χ2n) is 6.02. The average molecular weight is 318 g/mol. The third kappa shape index (κ3) is 2.03. The van der Waals surface area contributed by atoms with Crippen molar-refractivity contribution in [2.24, 2.45) is 14.1 Å². The van der Waals surface area contributed by atoms with Crippen molar-refractivity contribution in [1.29, 1.82) is 0 Å². The number of nitrogens with zero attached hydrogens (tertiary/aromatic N) is 2. The van der Waals surface area contributed by atoms with E-state index in [1.165, 1.54) is 6.92 Å². The lowest BCUT2D eigenvalue weighted by atomic mass is 10.1. The normalized spacial score (nSPS) is 11.3. The lowest BCUT2D eigenvalue weighted by molar-refractivity contribution is -0.131. The van der Waals surface area contributed by atoms with Gasteiger partial charge in [0.05, 0.1) is 11.2 Å². The molecule has 2 aromatic carbocycles. The fraction of sp³-hybridized carbons (Fsp3) is 0.150. The zero-order chi connectivity index (χ0) is 16.8. The molecule has 4 heteroatoms. The molecule has 0 aliphatic carbocycles. The van der Waals surface area contributed by atoms with Crippen LogP contribution in [0.3, 0.4) is 0 Å². The Balaban J connectivity index is 2.12. The van der Waals surface area contributed by atoms with E-state index in [9.17, 15) is 4.79 Å². The summed E-state index contributed by atoms with van der Waals surface area (Å²) in [4.78, 5) is 11.7. The molecule has 0 N–H and O–H groups in total. The number of aromatic nitrogens is 2. The molecule has 0 unspecified atom stereocenters. The van der Waals surface area contributed by atoms with Crippen LogP contribution in [0.25, 0.3) is 33.1 Å². The summed E-state index contributed by atoms with van der Waals surface area (Å²) in [6.07, 6.45) is 2.09. The Bertz CT molecular complexity index is 1090. The van der Waals surface area contributed by atoms with E-state index >= 15 is 0 Å². The predicted octanol–water partition coefficient (Wildman–Crippen LogP) is 4.26. The van der Waals surface area contributed by atoms with Crippen molar-refractivity contribution >= 4 is 27.8 Å². The van der Waals surface area contributed by atoms with Crippen molar-refractivity contribution in [1.82, 2.24) is 9.13 Å². The van der Waals surface area contributed by atoms with E-state index in [4.69, 9.17) is 4.74 Å². The van der Waals surface area contributed by atoms with Crippen molar-refractivity contribution in [3.8, 4) is 17.0 Å². The number of carbonyl (C=O) groups is 1. The fourth-order valence-corrected chi connectivity index (χ4v) is 3.44. The number of rotatable bonds is 2. The van der Waals surface area contributed by atoms with E-state index in [2.05, 4.69) is 27.5 Å². The number of aryl methyl sites for hydroxylation is 2. The first kappa shape index (κ1) is 14.6. The van der Waals surface area contributed by atoms with Gasteiger partial charge in [-0.1, -0.05) is 30.3 Å². The molecule has 0 amide bonds. The maximum absolute atomic E-state index is 11.7. The molecule has 4 rings (SSSR count). The number of hydrogen-bond donors (Lipinski definition) is 0. The zero-order valence-electron chi connectivity index (χ0n) is 13.9. The Morgan fingerprint density at radius 3 is 2.25 bits per heavy atom. The summed E-state index contributed by atoms with van der Waals surface area (Å²) in [5, 5.41) is 2.08. The highest BCUT2D eigenvalue weighted by Gasteiger charge is 2.22. The Labute approximate surface area is 139 Å². The molecule has 0 saturated carbocycles. The quantitative estimate of drug-likeness (QED) is 0.518. The van der Waals surface area contributed by atoms with Crippen LogP contribution in [0.4, 0.5) is 0 Å². The number of esters is 1. The summed E-state index contributed by atoms with van der Waals surface area (Å²) >= 11 is 0. The number of benzene rings is 2. The number of hydrogen-bond acceptors (Lipinski definition) is 2. The van der Waals surface area contributed by atoms with E-state index in [1.807, 2.05) is 50.5 Å².